The number of nitrogens with zero attached hydrogens (tertiary/aromatic N) is 7. The maximum atomic E-state index is 14.6. The zero-order valence-corrected chi connectivity index (χ0v) is 33.3. The highest BCUT2D eigenvalue weighted by atomic mass is 19.4. The molecule has 0 N–H and O–H groups in total. The van der Waals surface area contributed by atoms with E-state index in [0.29, 0.717) is 61.4 Å². The first-order valence-corrected chi connectivity index (χ1v) is 19.8. The molecule has 0 unspecified atom stereocenters. The molecule has 2 aromatic heterocycles. The van der Waals surface area contributed by atoms with Gasteiger partial charge in [-0.05, 0) is 125 Å². The van der Waals surface area contributed by atoms with Gasteiger partial charge in [0.2, 0.25) is 0 Å². The van der Waals surface area contributed by atoms with Gasteiger partial charge in [0.25, 0.3) is 0 Å². The molecule has 0 aliphatic rings. The lowest BCUT2D eigenvalue weighted by atomic mass is 9.96. The molecule has 10 heteroatoms. The van der Waals surface area contributed by atoms with Crippen molar-refractivity contribution in [3.63, 3.8) is 0 Å². The Balaban J connectivity index is 1.31. The molecular weight excluding hydrogens is 804 g/mol. The molecular formula is C54H26F3N7. The normalized spacial score (nSPS) is 11.3. The Labute approximate surface area is 363 Å². The predicted molar refractivity (Wildman–Crippen MR) is 240 cm³/mol. The van der Waals surface area contributed by atoms with Crippen LogP contribution in [0.3, 0.4) is 0 Å². The lowest BCUT2D eigenvalue weighted by Crippen LogP contribution is -2.07. The van der Waals surface area contributed by atoms with Gasteiger partial charge in [0, 0.05) is 27.1 Å². The molecule has 0 atom stereocenters. The Bertz CT molecular complexity index is 3570. The predicted octanol–water partition coefficient (Wildman–Crippen LogP) is 13.3. The Kier molecular flexibility index (Phi) is 9.06. The molecule has 0 saturated heterocycles. The topological polar surface area (TPSA) is 129 Å². The van der Waals surface area contributed by atoms with Crippen molar-refractivity contribution in [3.8, 4) is 75.1 Å². The maximum absolute atomic E-state index is 14.6. The fourth-order valence-electron chi connectivity index (χ4n) is 8.85. The van der Waals surface area contributed by atoms with E-state index < -0.39 is 11.7 Å². The number of hydrogen-bond acceptors (Lipinski definition) is 5. The average Bonchev–Trinajstić information content (AvgIpc) is 3.85. The molecule has 0 radical (unpaired) electrons. The highest BCUT2D eigenvalue weighted by molar-refractivity contribution is 6.13. The molecule has 0 aliphatic carbocycles. The summed E-state index contributed by atoms with van der Waals surface area (Å²) in [6, 6.07) is 56.2. The van der Waals surface area contributed by atoms with Crippen LogP contribution in [0, 0.1) is 56.7 Å². The summed E-state index contributed by atoms with van der Waals surface area (Å²) >= 11 is 0. The van der Waals surface area contributed by atoms with Crippen molar-refractivity contribution in [2.75, 3.05) is 0 Å². The van der Waals surface area contributed by atoms with Crippen LogP contribution in [0.25, 0.3) is 88.4 Å². The molecule has 8 aromatic carbocycles. The Morgan fingerprint density at radius 2 is 0.750 bits per heavy atom. The van der Waals surface area contributed by atoms with Gasteiger partial charge in [-0.1, -0.05) is 60.7 Å². The largest absolute Gasteiger partial charge is 0.416 e. The van der Waals surface area contributed by atoms with E-state index in [-0.39, 0.29) is 11.1 Å². The van der Waals surface area contributed by atoms with Crippen LogP contribution in [0.4, 0.5) is 13.2 Å². The molecule has 2 heterocycles. The minimum atomic E-state index is -4.65. The lowest BCUT2D eigenvalue weighted by molar-refractivity contribution is -0.137. The summed E-state index contributed by atoms with van der Waals surface area (Å²) in [6.45, 7) is 0. The van der Waals surface area contributed by atoms with Gasteiger partial charge >= 0.3 is 6.18 Å². The van der Waals surface area contributed by atoms with Crippen LogP contribution in [0.1, 0.15) is 33.4 Å². The van der Waals surface area contributed by atoms with Crippen LogP contribution >= 0.6 is 0 Å². The van der Waals surface area contributed by atoms with E-state index in [0.717, 1.165) is 55.8 Å². The van der Waals surface area contributed by atoms with Crippen LogP contribution in [0.5, 0.6) is 0 Å². The molecule has 0 saturated carbocycles. The van der Waals surface area contributed by atoms with Crippen molar-refractivity contribution in [1.82, 2.24) is 9.13 Å². The second kappa shape index (κ2) is 14.9. The van der Waals surface area contributed by atoms with Gasteiger partial charge in [0.05, 0.1) is 97.2 Å². The number of nitriles is 5. The zero-order chi connectivity index (χ0) is 44.3. The minimum absolute atomic E-state index is 0.264. The summed E-state index contributed by atoms with van der Waals surface area (Å²) in [4.78, 5) is 0. The molecule has 10 aromatic rings. The minimum Gasteiger partial charge on any atom is -0.308 e. The first-order valence-electron chi connectivity index (χ1n) is 19.8. The number of hydrogen-bond donors (Lipinski definition) is 0. The number of aromatic nitrogens is 2. The van der Waals surface area contributed by atoms with Gasteiger partial charge in [-0.15, -0.1) is 0 Å². The third-order valence-electron chi connectivity index (χ3n) is 11.6. The smallest absolute Gasteiger partial charge is 0.308 e. The van der Waals surface area contributed by atoms with E-state index in [1.54, 1.807) is 42.5 Å². The summed E-state index contributed by atoms with van der Waals surface area (Å²) < 4.78 is 47.8. The number of fused-ring (bicyclic) bond motifs is 6. The molecule has 7 nitrogen and oxygen atoms in total. The van der Waals surface area contributed by atoms with Crippen molar-refractivity contribution in [3.05, 3.63) is 191 Å². The highest BCUT2D eigenvalue weighted by Gasteiger charge is 2.32. The number of benzene rings is 8. The Morgan fingerprint density at radius 1 is 0.344 bits per heavy atom. The molecule has 298 valence electrons. The van der Waals surface area contributed by atoms with E-state index in [2.05, 4.69) is 30.3 Å². The summed E-state index contributed by atoms with van der Waals surface area (Å²) in [6.07, 6.45) is -4.65. The van der Waals surface area contributed by atoms with Crippen molar-refractivity contribution >= 4 is 43.6 Å². The lowest BCUT2D eigenvalue weighted by Gasteiger charge is -2.21. The first kappa shape index (κ1) is 38.8. The van der Waals surface area contributed by atoms with Crippen LogP contribution in [0.15, 0.2) is 158 Å². The molecule has 0 spiro atoms. The van der Waals surface area contributed by atoms with Crippen molar-refractivity contribution in [2.24, 2.45) is 0 Å². The first-order chi connectivity index (χ1) is 31.1. The number of halogens is 3. The van der Waals surface area contributed by atoms with Gasteiger partial charge in [-0.3, -0.25) is 0 Å². The van der Waals surface area contributed by atoms with Crippen LogP contribution < -0.4 is 0 Å². The van der Waals surface area contributed by atoms with Crippen LogP contribution in [0.2, 0.25) is 0 Å². The van der Waals surface area contributed by atoms with Gasteiger partial charge in [0.15, 0.2) is 0 Å². The molecule has 0 aliphatic heterocycles. The van der Waals surface area contributed by atoms with Crippen LogP contribution in [-0.2, 0) is 6.18 Å². The third kappa shape index (κ3) is 6.34. The summed E-state index contributed by atoms with van der Waals surface area (Å²) in [5.74, 6) is 0. The third-order valence-corrected chi connectivity index (χ3v) is 11.6. The standard InChI is InChI=1S/C54H26F3N7/c55-54(56,57)42-7-5-6-39(24-42)53-51(63-47-10-3-1-8-43(47)45-25-37(12-14-49(45)63)40-18-32(27-58)16-33(19-40)28-59)22-36(31-62)23-52(53)64-48-11-4-2-9-44(48)46-26-38(13-15-50(46)64)41-20-34(29-60)17-35(21-41)30-61/h1-26H. The van der Waals surface area contributed by atoms with Crippen LogP contribution in [-0.4, -0.2) is 9.13 Å². The molecule has 10 rings (SSSR count). The van der Waals surface area contributed by atoms with Crippen molar-refractivity contribution < 1.29 is 13.2 Å². The van der Waals surface area contributed by atoms with E-state index in [1.807, 2.05) is 94.1 Å². The van der Waals surface area contributed by atoms with Gasteiger partial charge in [-0.2, -0.15) is 39.5 Å². The van der Waals surface area contributed by atoms with E-state index in [9.17, 15) is 39.5 Å². The van der Waals surface area contributed by atoms with Crippen molar-refractivity contribution in [1.29, 1.82) is 26.3 Å². The molecule has 64 heavy (non-hydrogen) atoms. The molecule has 0 bridgehead atoms. The summed E-state index contributed by atoms with van der Waals surface area (Å²) in [7, 11) is 0. The number of rotatable bonds is 5. The molecule has 0 amide bonds. The summed E-state index contributed by atoms with van der Waals surface area (Å²) in [5.41, 5.74) is 8.14. The Hall–Kier alpha value is -9.40. The number of alkyl halides is 3. The second-order valence-electron chi connectivity index (χ2n) is 15.3. The maximum Gasteiger partial charge on any atom is 0.416 e. The fraction of sp³-hybridized carbons (Fsp3) is 0.0185. The second-order valence-corrected chi connectivity index (χ2v) is 15.3. The Morgan fingerprint density at radius 3 is 1.17 bits per heavy atom. The quantitative estimate of drug-likeness (QED) is 0.171. The number of para-hydroxylation sites is 2. The highest BCUT2D eigenvalue weighted by Crippen LogP contribution is 2.45. The van der Waals surface area contributed by atoms with E-state index in [1.165, 1.54) is 18.2 Å². The average molecular weight is 830 g/mol. The van der Waals surface area contributed by atoms with E-state index in [4.69, 9.17) is 0 Å². The zero-order valence-electron chi connectivity index (χ0n) is 33.3. The van der Waals surface area contributed by atoms with Gasteiger partial charge in [-0.25, -0.2) is 0 Å². The van der Waals surface area contributed by atoms with E-state index >= 15 is 0 Å². The summed E-state index contributed by atoms with van der Waals surface area (Å²) in [5, 5.41) is 52.9. The van der Waals surface area contributed by atoms with Gasteiger partial charge in [0.1, 0.15) is 0 Å². The van der Waals surface area contributed by atoms with Gasteiger partial charge < -0.3 is 9.13 Å². The SMILES string of the molecule is N#Cc1cc(C#N)cc(-c2ccc3c(c2)c2ccccc2n3-c2cc(C#N)cc(-n3c4ccccc4c4cc(-c5cc(C#N)cc(C#N)c5)ccc43)c2-c2cccc(C(F)(F)F)c2)c1. The fourth-order valence-corrected chi connectivity index (χ4v) is 8.85. The monoisotopic (exact) mass is 829 g/mol. The van der Waals surface area contributed by atoms with Crippen molar-refractivity contribution in [2.45, 2.75) is 6.18 Å². The molecule has 0 fully saturated rings.